The summed E-state index contributed by atoms with van der Waals surface area (Å²) in [6.45, 7) is 2.15. The summed E-state index contributed by atoms with van der Waals surface area (Å²) < 4.78 is 38.7. The summed E-state index contributed by atoms with van der Waals surface area (Å²) in [5, 5.41) is 0. The van der Waals surface area contributed by atoms with Crippen molar-refractivity contribution in [3.63, 3.8) is 0 Å². The van der Waals surface area contributed by atoms with Gasteiger partial charge in [0.2, 0.25) is 0 Å². The average Bonchev–Trinajstić information content (AvgIpc) is 2.45. The van der Waals surface area contributed by atoms with Crippen LogP contribution in [-0.4, -0.2) is 13.1 Å². The van der Waals surface area contributed by atoms with E-state index in [1.54, 1.807) is 12.1 Å². The molecule has 118 valence electrons. The number of nitrogens with two attached hydrogens (primary N) is 1. The van der Waals surface area contributed by atoms with E-state index in [1.807, 2.05) is 7.05 Å². The van der Waals surface area contributed by atoms with Gasteiger partial charge in [0.1, 0.15) is 0 Å². The smallest absolute Gasteiger partial charge is 0.372 e. The molecule has 0 bridgehead atoms. The van der Waals surface area contributed by atoms with E-state index in [-0.39, 0.29) is 12.1 Å². The molecule has 1 fully saturated rings. The minimum atomic E-state index is -4.34. The van der Waals surface area contributed by atoms with Crippen molar-refractivity contribution >= 4 is 5.69 Å². The normalized spacial score (nSPS) is 23.1. The molecule has 0 atom stereocenters. The van der Waals surface area contributed by atoms with Crippen molar-refractivity contribution < 1.29 is 13.2 Å². The number of rotatable bonds is 3. The molecule has 0 amide bonds. The molecule has 1 aromatic carbocycles. The fraction of sp³-hybridized carbons (Fsp3) is 0.625. The lowest BCUT2D eigenvalue weighted by Gasteiger charge is -2.35. The van der Waals surface area contributed by atoms with E-state index in [0.29, 0.717) is 6.04 Å². The van der Waals surface area contributed by atoms with Gasteiger partial charge in [-0.2, -0.15) is 13.2 Å². The van der Waals surface area contributed by atoms with Gasteiger partial charge in [0, 0.05) is 25.3 Å². The van der Waals surface area contributed by atoms with Gasteiger partial charge in [-0.15, -0.1) is 0 Å². The third-order valence-corrected chi connectivity index (χ3v) is 4.55. The minimum Gasteiger partial charge on any atom is -0.372 e. The van der Waals surface area contributed by atoms with Crippen molar-refractivity contribution in [3.8, 4) is 0 Å². The Morgan fingerprint density at radius 2 is 1.81 bits per heavy atom. The van der Waals surface area contributed by atoms with E-state index in [0.717, 1.165) is 30.5 Å². The molecule has 5 heteroatoms. The second-order valence-corrected chi connectivity index (χ2v) is 6.07. The third-order valence-electron chi connectivity index (χ3n) is 4.55. The molecular weight excluding hydrogens is 277 g/mol. The van der Waals surface area contributed by atoms with E-state index in [2.05, 4.69) is 11.8 Å². The summed E-state index contributed by atoms with van der Waals surface area (Å²) in [6.07, 6.45) is 0.206. The van der Waals surface area contributed by atoms with E-state index in [4.69, 9.17) is 5.73 Å². The monoisotopic (exact) mass is 300 g/mol. The topological polar surface area (TPSA) is 29.3 Å². The van der Waals surface area contributed by atoms with Gasteiger partial charge in [-0.3, -0.25) is 0 Å². The highest BCUT2D eigenvalue weighted by Crippen LogP contribution is 2.35. The maximum atomic E-state index is 12.9. The molecule has 1 aliphatic carbocycles. The number of anilines is 1. The van der Waals surface area contributed by atoms with Crippen LogP contribution in [0.2, 0.25) is 0 Å². The molecule has 21 heavy (non-hydrogen) atoms. The highest BCUT2D eigenvalue weighted by molar-refractivity contribution is 5.52. The lowest BCUT2D eigenvalue weighted by Crippen LogP contribution is -2.35. The summed E-state index contributed by atoms with van der Waals surface area (Å²) in [7, 11) is 1.96. The lowest BCUT2D eigenvalue weighted by atomic mass is 9.86. The molecule has 0 spiro atoms. The second-order valence-electron chi connectivity index (χ2n) is 6.07. The zero-order chi connectivity index (χ0) is 15.6. The molecule has 1 saturated carbocycles. The largest absolute Gasteiger partial charge is 0.416 e. The first-order valence-corrected chi connectivity index (χ1v) is 7.46. The fourth-order valence-corrected chi connectivity index (χ4v) is 3.09. The summed E-state index contributed by atoms with van der Waals surface area (Å²) >= 11 is 0. The molecule has 2 nitrogen and oxygen atoms in total. The van der Waals surface area contributed by atoms with Crippen molar-refractivity contribution in [2.24, 2.45) is 11.7 Å². The van der Waals surface area contributed by atoms with Crippen LogP contribution in [0, 0.1) is 5.92 Å². The van der Waals surface area contributed by atoms with Crippen molar-refractivity contribution in [2.45, 2.75) is 51.4 Å². The quantitative estimate of drug-likeness (QED) is 0.907. The first-order chi connectivity index (χ1) is 9.82. The van der Waals surface area contributed by atoms with Crippen molar-refractivity contribution in [1.82, 2.24) is 0 Å². The molecule has 2 rings (SSSR count). The SMILES string of the molecule is CC1CCC(N(C)c2ccc(C(F)(F)F)c(CN)c2)CC1. The fourth-order valence-electron chi connectivity index (χ4n) is 3.09. The Bertz CT molecular complexity index is 477. The van der Waals surface area contributed by atoms with E-state index >= 15 is 0 Å². The summed E-state index contributed by atoms with van der Waals surface area (Å²) in [5.74, 6) is 0.752. The lowest BCUT2D eigenvalue weighted by molar-refractivity contribution is -0.138. The van der Waals surface area contributed by atoms with Crippen LogP contribution in [0.4, 0.5) is 18.9 Å². The minimum absolute atomic E-state index is 0.0990. The molecule has 1 aliphatic rings. The van der Waals surface area contributed by atoms with Gasteiger partial charge in [0.05, 0.1) is 5.56 Å². The van der Waals surface area contributed by atoms with Gasteiger partial charge >= 0.3 is 6.18 Å². The van der Waals surface area contributed by atoms with Crippen LogP contribution >= 0.6 is 0 Å². The Labute approximate surface area is 124 Å². The molecule has 0 aromatic heterocycles. The number of halogens is 3. The Hall–Kier alpha value is -1.23. The van der Waals surface area contributed by atoms with Crippen molar-refractivity contribution in [2.75, 3.05) is 11.9 Å². The van der Waals surface area contributed by atoms with Crippen LogP contribution in [0.5, 0.6) is 0 Å². The Morgan fingerprint density at radius 1 is 1.19 bits per heavy atom. The van der Waals surface area contributed by atoms with Crippen LogP contribution in [-0.2, 0) is 12.7 Å². The second kappa shape index (κ2) is 6.26. The maximum absolute atomic E-state index is 12.9. The highest BCUT2D eigenvalue weighted by atomic mass is 19.4. The number of alkyl halides is 3. The Balaban J connectivity index is 2.20. The molecule has 0 radical (unpaired) electrons. The third kappa shape index (κ3) is 3.70. The van der Waals surface area contributed by atoms with Crippen LogP contribution in [0.3, 0.4) is 0 Å². The van der Waals surface area contributed by atoms with E-state index < -0.39 is 11.7 Å². The summed E-state index contributed by atoms with van der Waals surface area (Å²) in [6, 6.07) is 4.70. The number of hydrogen-bond donors (Lipinski definition) is 1. The van der Waals surface area contributed by atoms with Gasteiger partial charge in [-0.05, 0) is 55.4 Å². The molecular formula is C16H23F3N2. The highest BCUT2D eigenvalue weighted by Gasteiger charge is 2.33. The average molecular weight is 300 g/mol. The van der Waals surface area contributed by atoms with E-state index in [9.17, 15) is 13.2 Å². The van der Waals surface area contributed by atoms with Crippen LogP contribution < -0.4 is 10.6 Å². The summed E-state index contributed by atoms with van der Waals surface area (Å²) in [4.78, 5) is 2.10. The predicted octanol–water partition coefficient (Wildman–Crippen LogP) is 4.18. The summed E-state index contributed by atoms with van der Waals surface area (Å²) in [5.41, 5.74) is 5.85. The van der Waals surface area contributed by atoms with E-state index in [1.165, 1.54) is 12.8 Å². The van der Waals surface area contributed by atoms with Gasteiger partial charge in [-0.25, -0.2) is 0 Å². The molecule has 1 aromatic rings. The molecule has 0 aliphatic heterocycles. The maximum Gasteiger partial charge on any atom is 0.416 e. The molecule has 2 N–H and O–H groups in total. The zero-order valence-corrected chi connectivity index (χ0v) is 12.6. The van der Waals surface area contributed by atoms with Gasteiger partial charge in [0.25, 0.3) is 0 Å². The molecule has 0 saturated heterocycles. The zero-order valence-electron chi connectivity index (χ0n) is 12.6. The van der Waals surface area contributed by atoms with Crippen molar-refractivity contribution in [3.05, 3.63) is 29.3 Å². The van der Waals surface area contributed by atoms with Gasteiger partial charge in [0.15, 0.2) is 0 Å². The molecule has 0 heterocycles. The standard InChI is InChI=1S/C16H23F3N2/c1-11-3-5-13(6-4-11)21(2)14-7-8-15(16(17,18)19)12(9-14)10-20/h7-9,11,13H,3-6,10,20H2,1-2H3. The number of benzene rings is 1. The Morgan fingerprint density at radius 3 is 2.33 bits per heavy atom. The van der Waals surface area contributed by atoms with Crippen LogP contribution in [0.25, 0.3) is 0 Å². The van der Waals surface area contributed by atoms with Crippen molar-refractivity contribution in [1.29, 1.82) is 0 Å². The number of nitrogens with zero attached hydrogens (tertiary/aromatic N) is 1. The number of hydrogen-bond acceptors (Lipinski definition) is 2. The van der Waals surface area contributed by atoms with Crippen LogP contribution in [0.15, 0.2) is 18.2 Å². The molecule has 0 unspecified atom stereocenters. The predicted molar refractivity (Wildman–Crippen MR) is 79.2 cm³/mol. The van der Waals surface area contributed by atoms with Gasteiger partial charge in [-0.1, -0.05) is 6.92 Å². The van der Waals surface area contributed by atoms with Crippen LogP contribution in [0.1, 0.15) is 43.7 Å². The van der Waals surface area contributed by atoms with Gasteiger partial charge < -0.3 is 10.6 Å². The first-order valence-electron chi connectivity index (χ1n) is 7.46. The Kier molecular flexibility index (Phi) is 4.81. The first kappa shape index (κ1) is 16.1.